The molecule has 0 radical (unpaired) electrons. The Morgan fingerprint density at radius 2 is 1.85 bits per heavy atom. The molecule has 2 rings (SSSR count). The second-order valence-electron chi connectivity index (χ2n) is 5.91. The van der Waals surface area contributed by atoms with Crippen molar-refractivity contribution in [2.24, 2.45) is 0 Å². The Morgan fingerprint density at radius 3 is 2.48 bits per heavy atom. The van der Waals surface area contributed by atoms with E-state index in [0.29, 0.717) is 36.0 Å². The van der Waals surface area contributed by atoms with Crippen LogP contribution in [0.25, 0.3) is 0 Å². The lowest BCUT2D eigenvalue weighted by molar-refractivity contribution is -0.131. The predicted molar refractivity (Wildman–Crippen MR) is 101 cm³/mol. The maximum atomic E-state index is 12.4. The van der Waals surface area contributed by atoms with Gasteiger partial charge in [0, 0.05) is 12.6 Å². The number of hydrogen-bond acceptors (Lipinski definition) is 5. The highest BCUT2D eigenvalue weighted by Crippen LogP contribution is 2.28. The molecule has 7 nitrogen and oxygen atoms in total. The molecule has 0 saturated heterocycles. The number of carbonyl (C=O) groups is 2. The minimum atomic E-state index is -0.355. The lowest BCUT2D eigenvalue weighted by atomic mass is 10.2. The van der Waals surface area contributed by atoms with Crippen LogP contribution in [0, 0.1) is 0 Å². The van der Waals surface area contributed by atoms with Gasteiger partial charge in [0.25, 0.3) is 5.91 Å². The summed E-state index contributed by atoms with van der Waals surface area (Å²) < 4.78 is 16.3. The Kier molecular flexibility index (Phi) is 7.28. The van der Waals surface area contributed by atoms with Crippen molar-refractivity contribution in [2.45, 2.75) is 26.8 Å². The molecule has 0 fully saturated rings. The highest BCUT2D eigenvalue weighted by atomic mass is 16.5. The van der Waals surface area contributed by atoms with Crippen LogP contribution in [0.1, 0.15) is 42.9 Å². The van der Waals surface area contributed by atoms with Gasteiger partial charge in [-0.05, 0) is 51.1 Å². The summed E-state index contributed by atoms with van der Waals surface area (Å²) in [6, 6.07) is 8.30. The molecule has 2 aromatic rings. The van der Waals surface area contributed by atoms with Crippen LogP contribution < -0.4 is 14.8 Å². The number of likely N-dealkylation sites (N-methyl/N-ethyl adjacent to an activating group) is 1. The maximum Gasteiger partial charge on any atom is 0.251 e. The van der Waals surface area contributed by atoms with Crippen molar-refractivity contribution in [3.05, 3.63) is 47.9 Å². The number of benzene rings is 1. The maximum absolute atomic E-state index is 12.4. The third-order valence-corrected chi connectivity index (χ3v) is 4.14. The molecule has 0 bridgehead atoms. The average molecular weight is 374 g/mol. The first kappa shape index (κ1) is 20.4. The third kappa shape index (κ3) is 5.26. The van der Waals surface area contributed by atoms with Crippen LogP contribution >= 0.6 is 0 Å². The molecular formula is C20H26N2O5. The molecule has 1 N–H and O–H groups in total. The van der Waals surface area contributed by atoms with Gasteiger partial charge in [-0.1, -0.05) is 0 Å². The van der Waals surface area contributed by atoms with Crippen molar-refractivity contribution in [2.75, 3.05) is 26.8 Å². The van der Waals surface area contributed by atoms with Crippen molar-refractivity contribution >= 4 is 11.8 Å². The fourth-order valence-corrected chi connectivity index (χ4v) is 2.51. The molecule has 1 atom stereocenters. The van der Waals surface area contributed by atoms with E-state index in [1.165, 1.54) is 4.90 Å². The molecule has 1 aromatic heterocycles. The monoisotopic (exact) mass is 374 g/mol. The number of carbonyl (C=O) groups excluding carboxylic acids is 2. The summed E-state index contributed by atoms with van der Waals surface area (Å²) in [7, 11) is 1.67. The summed E-state index contributed by atoms with van der Waals surface area (Å²) in [5.74, 6) is 1.19. The van der Waals surface area contributed by atoms with Crippen LogP contribution in [0.5, 0.6) is 11.5 Å². The lowest BCUT2D eigenvalue weighted by Crippen LogP contribution is -2.39. The molecule has 2 amide bonds. The Balaban J connectivity index is 1.98. The second kappa shape index (κ2) is 9.66. The van der Waals surface area contributed by atoms with E-state index in [9.17, 15) is 9.59 Å². The largest absolute Gasteiger partial charge is 0.490 e. The summed E-state index contributed by atoms with van der Waals surface area (Å²) in [4.78, 5) is 26.3. The summed E-state index contributed by atoms with van der Waals surface area (Å²) in [5, 5.41) is 2.64. The number of rotatable bonds is 9. The molecular weight excluding hydrogens is 348 g/mol. The molecule has 1 heterocycles. The van der Waals surface area contributed by atoms with Gasteiger partial charge in [-0.3, -0.25) is 9.59 Å². The first-order valence-electron chi connectivity index (χ1n) is 8.94. The standard InChI is InChI=1S/C20H26N2O5/c1-5-25-17-10-9-15(12-18(17)26-6-2)20(24)21-13-19(23)22(4)14(3)16-8-7-11-27-16/h7-12,14H,5-6,13H2,1-4H3,(H,21,24). The second-order valence-corrected chi connectivity index (χ2v) is 5.91. The predicted octanol–water partition coefficient (Wildman–Crippen LogP) is 3.03. The van der Waals surface area contributed by atoms with E-state index in [1.807, 2.05) is 26.8 Å². The average Bonchev–Trinajstić information content (AvgIpc) is 3.21. The number of amides is 2. The summed E-state index contributed by atoms with van der Waals surface area (Å²) in [6.07, 6.45) is 1.56. The van der Waals surface area contributed by atoms with Crippen molar-refractivity contribution < 1.29 is 23.5 Å². The molecule has 0 saturated carbocycles. The highest BCUT2D eigenvalue weighted by Gasteiger charge is 2.20. The van der Waals surface area contributed by atoms with Gasteiger partial charge >= 0.3 is 0 Å². The number of nitrogens with one attached hydrogen (secondary N) is 1. The van der Waals surface area contributed by atoms with E-state index in [4.69, 9.17) is 13.9 Å². The molecule has 1 unspecified atom stereocenters. The smallest absolute Gasteiger partial charge is 0.251 e. The Labute approximate surface area is 159 Å². The van der Waals surface area contributed by atoms with Crippen molar-refractivity contribution in [1.29, 1.82) is 0 Å². The van der Waals surface area contributed by atoms with E-state index in [0.717, 1.165) is 0 Å². The SMILES string of the molecule is CCOc1ccc(C(=O)NCC(=O)N(C)C(C)c2ccco2)cc1OCC. The van der Waals surface area contributed by atoms with Gasteiger partial charge in [0.1, 0.15) is 5.76 Å². The van der Waals surface area contributed by atoms with E-state index >= 15 is 0 Å². The summed E-state index contributed by atoms with van der Waals surface area (Å²) in [5.41, 5.74) is 0.399. The van der Waals surface area contributed by atoms with Crippen LogP contribution in [0.2, 0.25) is 0 Å². The third-order valence-electron chi connectivity index (χ3n) is 4.14. The fourth-order valence-electron chi connectivity index (χ4n) is 2.51. The Bertz CT molecular complexity index is 758. The molecule has 0 aliphatic rings. The van der Waals surface area contributed by atoms with Crippen molar-refractivity contribution in [1.82, 2.24) is 10.2 Å². The number of ether oxygens (including phenoxy) is 2. The molecule has 0 aliphatic carbocycles. The quantitative estimate of drug-likeness (QED) is 0.730. The van der Waals surface area contributed by atoms with Crippen molar-refractivity contribution in [3.8, 4) is 11.5 Å². The minimum Gasteiger partial charge on any atom is -0.490 e. The number of hydrogen-bond donors (Lipinski definition) is 1. The van der Waals surface area contributed by atoms with Crippen LogP contribution in [0.15, 0.2) is 41.0 Å². The molecule has 1 aromatic carbocycles. The lowest BCUT2D eigenvalue weighted by Gasteiger charge is -2.23. The fraction of sp³-hybridized carbons (Fsp3) is 0.400. The van der Waals surface area contributed by atoms with Crippen LogP contribution in [0.4, 0.5) is 0 Å². The Hall–Kier alpha value is -2.96. The topological polar surface area (TPSA) is 81.0 Å². The van der Waals surface area contributed by atoms with E-state index < -0.39 is 0 Å². The molecule has 146 valence electrons. The zero-order chi connectivity index (χ0) is 19.8. The summed E-state index contributed by atoms with van der Waals surface area (Å²) >= 11 is 0. The summed E-state index contributed by atoms with van der Waals surface area (Å²) in [6.45, 7) is 6.44. The Morgan fingerprint density at radius 1 is 1.15 bits per heavy atom. The van der Waals surface area contributed by atoms with Gasteiger partial charge < -0.3 is 24.1 Å². The van der Waals surface area contributed by atoms with Gasteiger partial charge in [-0.15, -0.1) is 0 Å². The van der Waals surface area contributed by atoms with Crippen LogP contribution in [-0.2, 0) is 4.79 Å². The minimum absolute atomic E-state index is 0.114. The van der Waals surface area contributed by atoms with E-state index in [2.05, 4.69) is 5.32 Å². The van der Waals surface area contributed by atoms with E-state index in [1.54, 1.807) is 37.6 Å². The molecule has 0 spiro atoms. The number of nitrogens with zero attached hydrogens (tertiary/aromatic N) is 1. The first-order valence-corrected chi connectivity index (χ1v) is 8.94. The molecule has 0 aliphatic heterocycles. The van der Waals surface area contributed by atoms with Gasteiger partial charge in [-0.25, -0.2) is 0 Å². The van der Waals surface area contributed by atoms with Gasteiger partial charge in [-0.2, -0.15) is 0 Å². The van der Waals surface area contributed by atoms with E-state index in [-0.39, 0.29) is 24.4 Å². The highest BCUT2D eigenvalue weighted by molar-refractivity contribution is 5.97. The zero-order valence-corrected chi connectivity index (χ0v) is 16.2. The number of furan rings is 1. The van der Waals surface area contributed by atoms with Gasteiger partial charge in [0.15, 0.2) is 11.5 Å². The first-order chi connectivity index (χ1) is 13.0. The van der Waals surface area contributed by atoms with Crippen LogP contribution in [-0.4, -0.2) is 43.5 Å². The van der Waals surface area contributed by atoms with Crippen LogP contribution in [0.3, 0.4) is 0 Å². The zero-order valence-electron chi connectivity index (χ0n) is 16.2. The van der Waals surface area contributed by atoms with Gasteiger partial charge in [0.05, 0.1) is 32.1 Å². The normalized spacial score (nSPS) is 11.6. The molecule has 27 heavy (non-hydrogen) atoms. The van der Waals surface area contributed by atoms with Gasteiger partial charge in [0.2, 0.25) is 5.91 Å². The van der Waals surface area contributed by atoms with Crippen molar-refractivity contribution in [3.63, 3.8) is 0 Å². The molecule has 7 heteroatoms.